The number of carbonyl (C=O) groups excluding carboxylic acids is 2. The highest BCUT2D eigenvalue weighted by Crippen LogP contribution is 2.22. The van der Waals surface area contributed by atoms with Gasteiger partial charge < -0.3 is 10.6 Å². The van der Waals surface area contributed by atoms with Gasteiger partial charge >= 0.3 is 0 Å². The van der Waals surface area contributed by atoms with Crippen LogP contribution in [0.15, 0.2) is 18.2 Å². The molecule has 0 bridgehead atoms. The molecule has 23 heavy (non-hydrogen) atoms. The molecule has 1 heterocycles. The molecule has 0 spiro atoms. The summed E-state index contributed by atoms with van der Waals surface area (Å²) in [5.41, 5.74) is 5.80. The minimum absolute atomic E-state index is 0.146. The second-order valence-electron chi connectivity index (χ2n) is 5.98. The number of likely N-dealkylation sites (N-methyl/N-ethyl adjacent to an activating group) is 1. The molecule has 1 aromatic rings. The number of nitrogens with zero attached hydrogens (tertiary/aromatic N) is 2. The van der Waals surface area contributed by atoms with Crippen molar-refractivity contribution < 1.29 is 18.4 Å². The summed E-state index contributed by atoms with van der Waals surface area (Å²) in [5, 5.41) is 0. The van der Waals surface area contributed by atoms with E-state index in [0.29, 0.717) is 25.1 Å². The molecule has 2 atom stereocenters. The van der Waals surface area contributed by atoms with Crippen molar-refractivity contribution in [2.75, 3.05) is 26.7 Å². The summed E-state index contributed by atoms with van der Waals surface area (Å²) in [6.07, 6.45) is 0.658. The molecule has 5 nitrogen and oxygen atoms in total. The third-order valence-corrected chi connectivity index (χ3v) is 4.43. The first kappa shape index (κ1) is 17.3. The van der Waals surface area contributed by atoms with Crippen molar-refractivity contribution in [1.29, 1.82) is 0 Å². The van der Waals surface area contributed by atoms with Crippen LogP contribution in [0.1, 0.15) is 24.9 Å². The van der Waals surface area contributed by atoms with Crippen molar-refractivity contribution in [3.63, 3.8) is 0 Å². The summed E-state index contributed by atoms with van der Waals surface area (Å²) < 4.78 is 26.3. The van der Waals surface area contributed by atoms with Crippen LogP contribution in [-0.4, -0.2) is 48.3 Å². The van der Waals surface area contributed by atoms with E-state index in [1.165, 1.54) is 11.0 Å². The molecule has 1 aromatic carbocycles. The number of hydrogen-bond donors (Lipinski definition) is 1. The smallest absolute Gasteiger partial charge is 0.236 e. The quantitative estimate of drug-likeness (QED) is 0.887. The molecule has 2 rings (SSSR count). The number of likely N-dealkylation sites (tertiary alicyclic amines) is 1. The maximum atomic E-state index is 13.3. The molecule has 2 amide bonds. The molecule has 126 valence electrons. The first-order valence-corrected chi connectivity index (χ1v) is 7.52. The number of hydrogen-bond acceptors (Lipinski definition) is 3. The lowest BCUT2D eigenvalue weighted by Gasteiger charge is -2.27. The summed E-state index contributed by atoms with van der Waals surface area (Å²) >= 11 is 0. The Hall–Kier alpha value is -2.02. The summed E-state index contributed by atoms with van der Waals surface area (Å²) in [7, 11) is 1.62. The van der Waals surface area contributed by atoms with Crippen LogP contribution in [0, 0.1) is 17.6 Å². The van der Waals surface area contributed by atoms with Gasteiger partial charge in [0.15, 0.2) is 11.6 Å². The zero-order valence-electron chi connectivity index (χ0n) is 13.3. The molecule has 1 saturated heterocycles. The van der Waals surface area contributed by atoms with E-state index in [4.69, 9.17) is 5.73 Å². The number of halogens is 2. The SMILES string of the molecule is C[C@H](c1ccc(F)c(F)c1)N(C)C(=O)CN1CC[C@H](C(N)=O)C1. The van der Waals surface area contributed by atoms with Gasteiger partial charge in [0.1, 0.15) is 0 Å². The average molecular weight is 325 g/mol. The molecule has 0 aromatic heterocycles. The lowest BCUT2D eigenvalue weighted by atomic mass is 10.1. The third-order valence-electron chi connectivity index (χ3n) is 4.43. The van der Waals surface area contributed by atoms with Gasteiger partial charge in [0.25, 0.3) is 0 Å². The van der Waals surface area contributed by atoms with Gasteiger partial charge in [0, 0.05) is 13.6 Å². The summed E-state index contributed by atoms with van der Waals surface area (Å²) in [6, 6.07) is 3.23. The molecule has 0 unspecified atom stereocenters. The van der Waals surface area contributed by atoms with Gasteiger partial charge in [0.05, 0.1) is 18.5 Å². The second-order valence-corrected chi connectivity index (χ2v) is 5.98. The minimum atomic E-state index is -0.931. The normalized spacial score (nSPS) is 19.6. The van der Waals surface area contributed by atoms with Crippen LogP contribution in [0.5, 0.6) is 0 Å². The van der Waals surface area contributed by atoms with E-state index in [-0.39, 0.29) is 30.3 Å². The average Bonchev–Trinajstić information content (AvgIpc) is 2.97. The van der Waals surface area contributed by atoms with E-state index in [0.717, 1.165) is 12.1 Å². The predicted octanol–water partition coefficient (Wildman–Crippen LogP) is 1.29. The van der Waals surface area contributed by atoms with Crippen molar-refractivity contribution in [1.82, 2.24) is 9.80 Å². The predicted molar refractivity (Wildman–Crippen MR) is 81.3 cm³/mol. The van der Waals surface area contributed by atoms with Crippen LogP contribution in [0.25, 0.3) is 0 Å². The lowest BCUT2D eigenvalue weighted by Crippen LogP contribution is -2.39. The largest absolute Gasteiger partial charge is 0.369 e. The Balaban J connectivity index is 1.96. The molecular weight excluding hydrogens is 304 g/mol. The topological polar surface area (TPSA) is 66.6 Å². The molecule has 1 fully saturated rings. The second kappa shape index (κ2) is 7.04. The van der Waals surface area contributed by atoms with Crippen LogP contribution in [0.3, 0.4) is 0 Å². The van der Waals surface area contributed by atoms with Crippen LogP contribution in [0.4, 0.5) is 8.78 Å². The monoisotopic (exact) mass is 325 g/mol. The van der Waals surface area contributed by atoms with Crippen molar-refractivity contribution >= 4 is 11.8 Å². The van der Waals surface area contributed by atoms with E-state index < -0.39 is 11.6 Å². The van der Waals surface area contributed by atoms with E-state index in [1.54, 1.807) is 14.0 Å². The number of primary amides is 1. The Morgan fingerprint density at radius 3 is 2.65 bits per heavy atom. The number of rotatable bonds is 5. The molecule has 0 saturated carbocycles. The van der Waals surface area contributed by atoms with Gasteiger partial charge in [-0.15, -0.1) is 0 Å². The maximum absolute atomic E-state index is 13.3. The fourth-order valence-electron chi connectivity index (χ4n) is 2.72. The maximum Gasteiger partial charge on any atom is 0.236 e. The van der Waals surface area contributed by atoms with Gasteiger partial charge in [-0.1, -0.05) is 6.07 Å². The fraction of sp³-hybridized carbons (Fsp3) is 0.500. The van der Waals surface area contributed by atoms with Gasteiger partial charge in [0.2, 0.25) is 11.8 Å². The van der Waals surface area contributed by atoms with Crippen molar-refractivity contribution in [3.05, 3.63) is 35.4 Å². The molecule has 0 aliphatic carbocycles. The van der Waals surface area contributed by atoms with Gasteiger partial charge in [-0.2, -0.15) is 0 Å². The highest BCUT2D eigenvalue weighted by Gasteiger charge is 2.29. The van der Waals surface area contributed by atoms with E-state index in [9.17, 15) is 18.4 Å². The minimum Gasteiger partial charge on any atom is -0.369 e. The fourth-order valence-corrected chi connectivity index (χ4v) is 2.72. The Bertz CT molecular complexity index is 609. The number of benzene rings is 1. The molecule has 0 radical (unpaired) electrons. The molecule has 1 aliphatic rings. The van der Waals surface area contributed by atoms with Crippen LogP contribution in [0.2, 0.25) is 0 Å². The Morgan fingerprint density at radius 2 is 2.09 bits per heavy atom. The van der Waals surface area contributed by atoms with Crippen molar-refractivity contribution in [3.8, 4) is 0 Å². The zero-order chi connectivity index (χ0) is 17.1. The summed E-state index contributed by atoms with van der Waals surface area (Å²) in [5.74, 6) is -2.55. The van der Waals surface area contributed by atoms with E-state index >= 15 is 0 Å². The van der Waals surface area contributed by atoms with Crippen LogP contribution in [-0.2, 0) is 9.59 Å². The zero-order valence-corrected chi connectivity index (χ0v) is 13.3. The Labute approximate surface area is 134 Å². The Morgan fingerprint density at radius 1 is 1.39 bits per heavy atom. The summed E-state index contributed by atoms with van der Waals surface area (Å²) in [4.78, 5) is 26.9. The molecular formula is C16H21F2N3O2. The highest BCUT2D eigenvalue weighted by molar-refractivity contribution is 5.79. The molecule has 1 aliphatic heterocycles. The summed E-state index contributed by atoms with van der Waals surface area (Å²) in [6.45, 7) is 3.05. The van der Waals surface area contributed by atoms with Crippen LogP contribution >= 0.6 is 0 Å². The van der Waals surface area contributed by atoms with E-state index in [2.05, 4.69) is 0 Å². The number of nitrogens with two attached hydrogens (primary N) is 1. The Kier molecular flexibility index (Phi) is 5.30. The first-order valence-electron chi connectivity index (χ1n) is 7.52. The van der Waals surface area contributed by atoms with Gasteiger partial charge in [-0.05, 0) is 37.6 Å². The van der Waals surface area contributed by atoms with Crippen molar-refractivity contribution in [2.24, 2.45) is 11.7 Å². The number of carbonyl (C=O) groups is 2. The van der Waals surface area contributed by atoms with Gasteiger partial charge in [-0.3, -0.25) is 14.5 Å². The molecule has 7 heteroatoms. The van der Waals surface area contributed by atoms with Crippen LogP contribution < -0.4 is 5.73 Å². The van der Waals surface area contributed by atoms with E-state index in [1.807, 2.05) is 4.90 Å². The highest BCUT2D eigenvalue weighted by atomic mass is 19.2. The lowest BCUT2D eigenvalue weighted by molar-refractivity contribution is -0.133. The number of amides is 2. The standard InChI is InChI=1S/C16H21F2N3O2/c1-10(11-3-4-13(17)14(18)7-11)20(2)15(22)9-21-6-5-12(8-21)16(19)23/h3-4,7,10,12H,5-6,8-9H2,1-2H3,(H2,19,23)/t10-,12+/m1/s1. The third kappa shape index (κ3) is 4.04. The first-order chi connectivity index (χ1) is 10.8. The molecule has 2 N–H and O–H groups in total. The van der Waals surface area contributed by atoms with Crippen molar-refractivity contribution in [2.45, 2.75) is 19.4 Å². The van der Waals surface area contributed by atoms with Gasteiger partial charge in [-0.25, -0.2) is 8.78 Å².